The van der Waals surface area contributed by atoms with Crippen LogP contribution in [0.25, 0.3) is 0 Å². The van der Waals surface area contributed by atoms with Gasteiger partial charge in [-0.3, -0.25) is 4.79 Å². The predicted octanol–water partition coefficient (Wildman–Crippen LogP) is 5.22. The van der Waals surface area contributed by atoms with E-state index in [9.17, 15) is 4.79 Å². The quantitative estimate of drug-likeness (QED) is 0.764. The number of carbonyl (C=O) groups excluding carboxylic acids is 1. The Bertz CT molecular complexity index is 834. The summed E-state index contributed by atoms with van der Waals surface area (Å²) in [5.41, 5.74) is 1.77. The number of carbonyl (C=O) groups is 1. The number of hydrogen-bond donors (Lipinski definition) is 1. The summed E-state index contributed by atoms with van der Waals surface area (Å²) >= 11 is 6.17. The number of hydrogen-bond acceptors (Lipinski definition) is 3. The molecule has 1 N–H and O–H groups in total. The molecule has 2 aromatic carbocycles. The van der Waals surface area contributed by atoms with Crippen LogP contribution in [0.1, 0.15) is 50.8 Å². The first-order valence-electron chi connectivity index (χ1n) is 9.30. The highest BCUT2D eigenvalue weighted by Crippen LogP contribution is 2.40. The highest BCUT2D eigenvalue weighted by molar-refractivity contribution is 6.32. The molecule has 0 fully saturated rings. The van der Waals surface area contributed by atoms with Crippen molar-refractivity contribution in [2.75, 3.05) is 0 Å². The van der Waals surface area contributed by atoms with Gasteiger partial charge in [0.05, 0.1) is 11.1 Å². The van der Waals surface area contributed by atoms with E-state index in [0.717, 1.165) is 16.9 Å². The van der Waals surface area contributed by atoms with Gasteiger partial charge in [-0.1, -0.05) is 42.8 Å². The Labute approximate surface area is 165 Å². The normalized spacial score (nSPS) is 18.8. The van der Waals surface area contributed by atoms with E-state index in [1.54, 1.807) is 12.1 Å². The first-order valence-corrected chi connectivity index (χ1v) is 9.68. The van der Waals surface area contributed by atoms with Crippen molar-refractivity contribution in [3.05, 3.63) is 58.6 Å². The standard InChI is InChI=1S/C22H26ClNO3/c1-5-18(26-19-9-7-6-8-16(19)23)21(25)24-17-13-22(3,4)27-20-12-14(2)10-11-15(17)20/h6-12,17-18H,5,13H2,1-4H3,(H,24,25)/t17-,18-/m1/s1. The van der Waals surface area contributed by atoms with Crippen LogP contribution in [0.2, 0.25) is 5.02 Å². The van der Waals surface area contributed by atoms with Gasteiger partial charge in [0.1, 0.15) is 17.1 Å². The van der Waals surface area contributed by atoms with Crippen molar-refractivity contribution in [1.29, 1.82) is 0 Å². The molecule has 0 aromatic heterocycles. The van der Waals surface area contributed by atoms with Crippen molar-refractivity contribution < 1.29 is 14.3 Å². The average Bonchev–Trinajstić information content (AvgIpc) is 2.59. The molecule has 1 aliphatic heterocycles. The number of fused-ring (bicyclic) bond motifs is 1. The Hall–Kier alpha value is -2.20. The summed E-state index contributed by atoms with van der Waals surface area (Å²) in [5.74, 6) is 1.20. The minimum absolute atomic E-state index is 0.124. The van der Waals surface area contributed by atoms with Crippen molar-refractivity contribution in [2.24, 2.45) is 0 Å². The van der Waals surface area contributed by atoms with E-state index in [2.05, 4.69) is 5.32 Å². The van der Waals surface area contributed by atoms with E-state index in [1.807, 2.05) is 58.0 Å². The van der Waals surface area contributed by atoms with E-state index in [0.29, 0.717) is 23.6 Å². The highest BCUT2D eigenvalue weighted by Gasteiger charge is 2.35. The van der Waals surface area contributed by atoms with Crippen LogP contribution in [0.5, 0.6) is 11.5 Å². The molecule has 5 heteroatoms. The third kappa shape index (κ3) is 4.56. The van der Waals surface area contributed by atoms with E-state index in [4.69, 9.17) is 21.1 Å². The van der Waals surface area contributed by atoms with Gasteiger partial charge in [0.2, 0.25) is 0 Å². The van der Waals surface area contributed by atoms with Crippen LogP contribution in [0, 0.1) is 6.92 Å². The molecule has 2 aromatic rings. The Balaban J connectivity index is 1.79. The van der Waals surface area contributed by atoms with Crippen LogP contribution in [0.3, 0.4) is 0 Å². The van der Waals surface area contributed by atoms with Crippen molar-refractivity contribution in [3.63, 3.8) is 0 Å². The maximum atomic E-state index is 12.9. The smallest absolute Gasteiger partial charge is 0.261 e. The Kier molecular flexibility index (Phi) is 5.66. The number of ether oxygens (including phenoxy) is 2. The number of nitrogens with one attached hydrogen (secondary N) is 1. The molecular weight excluding hydrogens is 362 g/mol. The van der Waals surface area contributed by atoms with E-state index < -0.39 is 6.10 Å². The van der Waals surface area contributed by atoms with Crippen LogP contribution in [-0.2, 0) is 4.79 Å². The van der Waals surface area contributed by atoms with Gasteiger partial charge in [0, 0.05) is 12.0 Å². The summed E-state index contributed by atoms with van der Waals surface area (Å²) < 4.78 is 12.0. The number of halogens is 1. The minimum atomic E-state index is -0.607. The minimum Gasteiger partial charge on any atom is -0.487 e. The SMILES string of the molecule is CC[C@@H](Oc1ccccc1Cl)C(=O)N[C@@H]1CC(C)(C)Oc2cc(C)ccc21. The molecule has 2 atom stereocenters. The second-order valence-electron chi connectivity index (χ2n) is 7.61. The van der Waals surface area contributed by atoms with Crippen molar-refractivity contribution in [3.8, 4) is 11.5 Å². The lowest BCUT2D eigenvalue weighted by molar-refractivity contribution is -0.129. The zero-order valence-corrected chi connectivity index (χ0v) is 17.0. The van der Waals surface area contributed by atoms with Crippen LogP contribution in [-0.4, -0.2) is 17.6 Å². The lowest BCUT2D eigenvalue weighted by Gasteiger charge is -2.38. The van der Waals surface area contributed by atoms with Gasteiger partial charge in [-0.05, 0) is 51.0 Å². The van der Waals surface area contributed by atoms with Crippen LogP contribution < -0.4 is 14.8 Å². The number of rotatable bonds is 5. The summed E-state index contributed by atoms with van der Waals surface area (Å²) in [6, 6.07) is 13.2. The van der Waals surface area contributed by atoms with Crippen LogP contribution in [0.4, 0.5) is 0 Å². The van der Waals surface area contributed by atoms with Crippen molar-refractivity contribution in [1.82, 2.24) is 5.32 Å². The van der Waals surface area contributed by atoms with Crippen molar-refractivity contribution >= 4 is 17.5 Å². The molecule has 1 aliphatic rings. The molecule has 144 valence electrons. The molecule has 0 aliphatic carbocycles. The monoisotopic (exact) mass is 387 g/mol. The lowest BCUT2D eigenvalue weighted by Crippen LogP contribution is -2.45. The largest absolute Gasteiger partial charge is 0.487 e. The molecule has 3 rings (SSSR count). The zero-order valence-electron chi connectivity index (χ0n) is 16.2. The Morgan fingerprint density at radius 3 is 2.78 bits per heavy atom. The number of benzene rings is 2. The molecule has 0 unspecified atom stereocenters. The molecular formula is C22H26ClNO3. The van der Waals surface area contributed by atoms with E-state index >= 15 is 0 Å². The molecule has 0 saturated heterocycles. The lowest BCUT2D eigenvalue weighted by atomic mass is 9.89. The maximum absolute atomic E-state index is 12.9. The van der Waals surface area contributed by atoms with E-state index in [-0.39, 0.29) is 17.6 Å². The first kappa shape index (κ1) is 19.6. The molecule has 0 spiro atoms. The molecule has 1 amide bonds. The first-order chi connectivity index (χ1) is 12.8. The summed E-state index contributed by atoms with van der Waals surface area (Å²) in [7, 11) is 0. The van der Waals surface area contributed by atoms with Gasteiger partial charge in [-0.25, -0.2) is 0 Å². The third-order valence-electron chi connectivity index (χ3n) is 4.71. The Morgan fingerprint density at radius 2 is 2.07 bits per heavy atom. The van der Waals surface area contributed by atoms with Gasteiger partial charge in [0.15, 0.2) is 6.10 Å². The summed E-state index contributed by atoms with van der Waals surface area (Å²) in [6.07, 6.45) is 0.631. The fraction of sp³-hybridized carbons (Fsp3) is 0.409. The predicted molar refractivity (Wildman–Crippen MR) is 108 cm³/mol. The van der Waals surface area contributed by atoms with Crippen LogP contribution in [0.15, 0.2) is 42.5 Å². The fourth-order valence-corrected chi connectivity index (χ4v) is 3.55. The average molecular weight is 388 g/mol. The highest BCUT2D eigenvalue weighted by atomic mass is 35.5. The molecule has 27 heavy (non-hydrogen) atoms. The fourth-order valence-electron chi connectivity index (χ4n) is 3.37. The van der Waals surface area contributed by atoms with Crippen molar-refractivity contribution in [2.45, 2.75) is 58.3 Å². The maximum Gasteiger partial charge on any atom is 0.261 e. The van der Waals surface area contributed by atoms with Gasteiger partial charge in [-0.15, -0.1) is 0 Å². The van der Waals surface area contributed by atoms with Crippen LogP contribution >= 0.6 is 11.6 Å². The third-order valence-corrected chi connectivity index (χ3v) is 5.02. The summed E-state index contributed by atoms with van der Waals surface area (Å²) in [4.78, 5) is 12.9. The topological polar surface area (TPSA) is 47.6 Å². The molecule has 1 heterocycles. The summed E-state index contributed by atoms with van der Waals surface area (Å²) in [5, 5.41) is 3.65. The Morgan fingerprint density at radius 1 is 1.33 bits per heavy atom. The second-order valence-corrected chi connectivity index (χ2v) is 8.02. The molecule has 0 saturated carbocycles. The van der Waals surface area contributed by atoms with Gasteiger partial charge < -0.3 is 14.8 Å². The molecule has 4 nitrogen and oxygen atoms in total. The van der Waals surface area contributed by atoms with Gasteiger partial charge in [0.25, 0.3) is 5.91 Å². The number of aryl methyl sites for hydroxylation is 1. The second kappa shape index (κ2) is 7.81. The van der Waals surface area contributed by atoms with Gasteiger partial charge in [-0.2, -0.15) is 0 Å². The number of amides is 1. The van der Waals surface area contributed by atoms with Gasteiger partial charge >= 0.3 is 0 Å². The number of para-hydroxylation sites is 1. The molecule has 0 bridgehead atoms. The van der Waals surface area contributed by atoms with E-state index in [1.165, 1.54) is 0 Å². The zero-order chi connectivity index (χ0) is 19.6. The summed E-state index contributed by atoms with van der Waals surface area (Å²) in [6.45, 7) is 8.03. The molecule has 0 radical (unpaired) electrons.